The van der Waals surface area contributed by atoms with Gasteiger partial charge in [0.2, 0.25) is 5.91 Å². The molecule has 0 unspecified atom stereocenters. The number of rotatable bonds is 3. The van der Waals surface area contributed by atoms with E-state index in [9.17, 15) is 14.4 Å². The first-order valence-electron chi connectivity index (χ1n) is 16.9. The van der Waals surface area contributed by atoms with Crippen molar-refractivity contribution in [3.8, 4) is 0 Å². The number of carbonyl (C=O) groups excluding carboxylic acids is 3. The van der Waals surface area contributed by atoms with E-state index in [-0.39, 0.29) is 28.6 Å². The predicted molar refractivity (Wildman–Crippen MR) is 200 cm³/mol. The molecule has 0 saturated heterocycles. The monoisotopic (exact) mass is 640 g/mol. The van der Waals surface area contributed by atoms with Crippen molar-refractivity contribution >= 4 is 51.4 Å². The van der Waals surface area contributed by atoms with Crippen LogP contribution in [-0.2, 0) is 11.2 Å². The van der Waals surface area contributed by atoms with Crippen LogP contribution in [0.2, 0.25) is 0 Å². The van der Waals surface area contributed by atoms with Crippen LogP contribution in [-0.4, -0.2) is 41.1 Å². The van der Waals surface area contributed by atoms with Crippen molar-refractivity contribution in [1.82, 2.24) is 9.80 Å². The van der Waals surface area contributed by atoms with Crippen molar-refractivity contribution in [2.75, 3.05) is 13.6 Å². The highest BCUT2D eigenvalue weighted by Crippen LogP contribution is 2.43. The molecule has 3 aromatic rings. The molecule has 0 fully saturated rings. The summed E-state index contributed by atoms with van der Waals surface area (Å²) in [6.07, 6.45) is 12.4. The number of nitrogens with zero attached hydrogens (tertiary/aromatic N) is 2. The summed E-state index contributed by atoms with van der Waals surface area (Å²) in [5.41, 5.74) is 6.26. The Morgan fingerprint density at radius 1 is 0.812 bits per heavy atom. The molecule has 3 amide bonds. The van der Waals surface area contributed by atoms with Gasteiger partial charge in [0.15, 0.2) is 0 Å². The third-order valence-electron chi connectivity index (χ3n) is 9.51. The lowest BCUT2D eigenvalue weighted by Crippen LogP contribution is -2.41. The zero-order chi connectivity index (χ0) is 35.5. The van der Waals surface area contributed by atoms with Crippen LogP contribution in [0, 0.1) is 10.8 Å². The second kappa shape index (κ2) is 12.4. The van der Waals surface area contributed by atoms with Gasteiger partial charge in [-0.2, -0.15) is 0 Å². The summed E-state index contributed by atoms with van der Waals surface area (Å²) < 4.78 is 0. The van der Waals surface area contributed by atoms with E-state index < -0.39 is 0 Å². The van der Waals surface area contributed by atoms with E-state index in [1.54, 1.807) is 11.9 Å². The SMILES string of the molecule is C=C1/C=C\c2c3c(c4ccc5c6c(ccc2c64)C(=O)N(C(=C/C(=C)C(C)(C)C)/C(=C\C)C(C)(C)C)C5=O)=CC=C(C3)C(=O)N(C)C1.CC. The van der Waals surface area contributed by atoms with Gasteiger partial charge in [-0.15, -0.1) is 0 Å². The van der Waals surface area contributed by atoms with Gasteiger partial charge in [0.1, 0.15) is 0 Å². The third kappa shape index (κ3) is 5.59. The molecular weight excluding hydrogens is 592 g/mol. The Morgan fingerprint density at radius 2 is 1.42 bits per heavy atom. The zero-order valence-electron chi connectivity index (χ0n) is 30.2. The molecule has 2 bridgehead atoms. The molecule has 48 heavy (non-hydrogen) atoms. The molecule has 5 heteroatoms. The van der Waals surface area contributed by atoms with Crippen molar-refractivity contribution in [2.45, 2.75) is 68.7 Å². The zero-order valence-corrected chi connectivity index (χ0v) is 30.2. The number of fused-ring (bicyclic) bond motifs is 3. The van der Waals surface area contributed by atoms with Crippen LogP contribution >= 0.6 is 0 Å². The average molecular weight is 641 g/mol. The number of hydrogen-bond acceptors (Lipinski definition) is 3. The number of hydrogen-bond donors (Lipinski definition) is 0. The molecule has 1 aliphatic carbocycles. The van der Waals surface area contributed by atoms with E-state index in [0.29, 0.717) is 35.2 Å². The Bertz CT molecular complexity index is 2100. The first kappa shape index (κ1) is 34.6. The summed E-state index contributed by atoms with van der Waals surface area (Å²) in [7, 11) is 1.80. The fraction of sp³-hybridized carbons (Fsp3) is 0.326. The molecule has 0 aromatic heterocycles. The minimum atomic E-state index is -0.346. The summed E-state index contributed by atoms with van der Waals surface area (Å²) in [4.78, 5) is 45.5. The van der Waals surface area contributed by atoms with Crippen LogP contribution in [0.5, 0.6) is 0 Å². The molecule has 0 saturated carbocycles. The largest absolute Gasteiger partial charge is 0.338 e. The molecule has 6 rings (SSSR count). The van der Waals surface area contributed by atoms with Crippen LogP contribution in [0.1, 0.15) is 94.2 Å². The van der Waals surface area contributed by atoms with Gasteiger partial charge in [0, 0.05) is 42.1 Å². The first-order valence-corrected chi connectivity index (χ1v) is 16.9. The summed E-state index contributed by atoms with van der Waals surface area (Å²) in [5.74, 6) is -0.707. The number of allylic oxidation sites excluding steroid dienone is 5. The smallest absolute Gasteiger partial charge is 0.265 e. The van der Waals surface area contributed by atoms with Crippen LogP contribution in [0.3, 0.4) is 0 Å². The lowest BCUT2D eigenvalue weighted by Gasteiger charge is -2.35. The lowest BCUT2D eigenvalue weighted by atomic mass is 9.79. The maximum Gasteiger partial charge on any atom is 0.265 e. The average Bonchev–Trinajstić information content (AvgIpc) is 3.03. The number of benzene rings is 3. The van der Waals surface area contributed by atoms with E-state index in [1.807, 2.05) is 75.4 Å². The molecule has 248 valence electrons. The summed E-state index contributed by atoms with van der Waals surface area (Å²) in [6, 6.07) is 7.71. The Kier molecular flexibility index (Phi) is 8.90. The topological polar surface area (TPSA) is 57.7 Å². The standard InChI is InChI=1S/C41H42N2O3.C2H6/c1-11-33(41(7,8)9)34(20-24(3)40(4,5)6)43-38(45)30-18-16-28-26-14-12-23(2)22-42(10)37(44)25-13-15-27(32(26)21-25)29-17-19-31(39(43)46)36(30)35(28)29;1-2/h11-20H,2-3,21-22H2,1,4-10H3;1-2H3/b14-12-,33-11+,34-20+;. The van der Waals surface area contributed by atoms with Gasteiger partial charge in [0.25, 0.3) is 11.8 Å². The lowest BCUT2D eigenvalue weighted by molar-refractivity contribution is -0.125. The summed E-state index contributed by atoms with van der Waals surface area (Å²) in [5, 5.41) is 4.49. The second-order valence-corrected chi connectivity index (χ2v) is 14.8. The molecule has 0 spiro atoms. The van der Waals surface area contributed by atoms with E-state index >= 15 is 0 Å². The van der Waals surface area contributed by atoms with Gasteiger partial charge >= 0.3 is 0 Å². The predicted octanol–water partition coefficient (Wildman–Crippen LogP) is 9.12. The van der Waals surface area contributed by atoms with E-state index in [2.05, 4.69) is 60.8 Å². The van der Waals surface area contributed by atoms with Crippen molar-refractivity contribution in [3.63, 3.8) is 0 Å². The van der Waals surface area contributed by atoms with Crippen molar-refractivity contribution in [2.24, 2.45) is 10.8 Å². The maximum absolute atomic E-state index is 14.6. The van der Waals surface area contributed by atoms with Gasteiger partial charge in [-0.05, 0) is 85.2 Å². The molecule has 3 aromatic carbocycles. The van der Waals surface area contributed by atoms with Crippen LogP contribution < -0.4 is 5.22 Å². The molecule has 0 radical (unpaired) electrons. The normalized spacial score (nSPS) is 17.7. The van der Waals surface area contributed by atoms with Crippen LogP contribution in [0.4, 0.5) is 0 Å². The third-order valence-corrected chi connectivity index (χ3v) is 9.51. The van der Waals surface area contributed by atoms with Crippen LogP contribution in [0.15, 0.2) is 89.7 Å². The maximum atomic E-state index is 14.6. The highest BCUT2D eigenvalue weighted by molar-refractivity contribution is 6.31. The van der Waals surface area contributed by atoms with Gasteiger partial charge in [-0.25, -0.2) is 4.90 Å². The fourth-order valence-corrected chi connectivity index (χ4v) is 6.96. The first-order chi connectivity index (χ1) is 22.5. The van der Waals surface area contributed by atoms with Gasteiger partial charge in [0.05, 0.1) is 5.70 Å². The van der Waals surface area contributed by atoms with Crippen molar-refractivity contribution < 1.29 is 14.4 Å². The summed E-state index contributed by atoms with van der Waals surface area (Å²) >= 11 is 0. The van der Waals surface area contributed by atoms with Crippen LogP contribution in [0.25, 0.3) is 33.7 Å². The second-order valence-electron chi connectivity index (χ2n) is 14.8. The highest BCUT2D eigenvalue weighted by atomic mass is 16.2. The van der Waals surface area contributed by atoms with Crippen molar-refractivity contribution in [1.29, 1.82) is 0 Å². The molecule has 3 aliphatic rings. The highest BCUT2D eigenvalue weighted by Gasteiger charge is 2.39. The van der Waals surface area contributed by atoms with Gasteiger partial charge < -0.3 is 4.90 Å². The Balaban J connectivity index is 0.00000221. The molecule has 0 atom stereocenters. The fourth-order valence-electron chi connectivity index (χ4n) is 6.96. The van der Waals surface area contributed by atoms with Crippen molar-refractivity contribution in [3.05, 3.63) is 117 Å². The Hall–Kier alpha value is -4.77. The number of amides is 3. The molecule has 2 aliphatic heterocycles. The van der Waals surface area contributed by atoms with E-state index in [0.717, 1.165) is 54.8 Å². The minimum absolute atomic E-state index is 0.0142. The van der Waals surface area contributed by atoms with Gasteiger partial charge in [-0.1, -0.05) is 111 Å². The number of imide groups is 1. The Labute approximate surface area is 285 Å². The van der Waals surface area contributed by atoms with Gasteiger partial charge in [-0.3, -0.25) is 14.4 Å². The molecule has 2 heterocycles. The number of likely N-dealkylation sites (N-methyl/N-ethyl adjacent to an activating group) is 1. The summed E-state index contributed by atoms with van der Waals surface area (Å²) in [6.45, 7) is 27.4. The van der Waals surface area contributed by atoms with E-state index in [1.165, 1.54) is 4.90 Å². The molecule has 5 nitrogen and oxygen atoms in total. The van der Waals surface area contributed by atoms with E-state index in [4.69, 9.17) is 0 Å². The molecular formula is C43H48N2O3. The Morgan fingerprint density at radius 3 is 1.98 bits per heavy atom. The molecule has 0 N–H and O–H groups in total. The quantitative estimate of drug-likeness (QED) is 0.212. The minimum Gasteiger partial charge on any atom is -0.338 e. The number of carbonyl (C=O) groups is 3.